The Bertz CT molecular complexity index is 895. The van der Waals surface area contributed by atoms with E-state index in [0.29, 0.717) is 11.5 Å². The number of rotatable bonds is 5. The number of carbonyl (C=O) groups is 1. The van der Waals surface area contributed by atoms with E-state index in [9.17, 15) is 4.79 Å². The van der Waals surface area contributed by atoms with Crippen LogP contribution in [0.15, 0.2) is 71.2 Å². The number of furan rings is 1. The van der Waals surface area contributed by atoms with E-state index < -0.39 is 0 Å². The quantitative estimate of drug-likeness (QED) is 0.680. The molecule has 3 rings (SSSR count). The summed E-state index contributed by atoms with van der Waals surface area (Å²) in [6, 6.07) is 18.9. The van der Waals surface area contributed by atoms with Gasteiger partial charge in [0.15, 0.2) is 0 Å². The molecule has 0 aliphatic heterocycles. The Labute approximate surface area is 146 Å². The lowest BCUT2D eigenvalue weighted by Gasteiger charge is -2.08. The summed E-state index contributed by atoms with van der Waals surface area (Å²) in [7, 11) is 0. The largest absolute Gasteiger partial charge is 0.459 e. The van der Waals surface area contributed by atoms with Crippen LogP contribution in [0.25, 0.3) is 17.4 Å². The lowest BCUT2D eigenvalue weighted by molar-refractivity contribution is -0.111. The number of carbonyl (C=O) groups excluding carboxylic acids is 1. The first kappa shape index (κ1) is 16.7. The molecule has 0 fully saturated rings. The molecule has 1 aromatic heterocycles. The van der Waals surface area contributed by atoms with Gasteiger partial charge in [-0.2, -0.15) is 0 Å². The van der Waals surface area contributed by atoms with Crippen molar-refractivity contribution in [2.75, 3.05) is 5.32 Å². The minimum absolute atomic E-state index is 0.139. The highest BCUT2D eigenvalue weighted by Gasteiger charge is 2.08. The zero-order chi connectivity index (χ0) is 17.6. The fourth-order valence-corrected chi connectivity index (χ4v) is 2.44. The Morgan fingerprint density at radius 3 is 2.64 bits per heavy atom. The molecule has 25 heavy (non-hydrogen) atoms. The highest BCUT2D eigenvalue weighted by Crippen LogP contribution is 2.27. The summed E-state index contributed by atoms with van der Waals surface area (Å²) in [6.07, 6.45) is 3.28. The molecule has 4 nitrogen and oxygen atoms in total. The van der Waals surface area contributed by atoms with Crippen molar-refractivity contribution in [1.29, 1.82) is 0 Å². The Morgan fingerprint density at radius 2 is 1.92 bits per heavy atom. The van der Waals surface area contributed by atoms with Crippen LogP contribution in [-0.2, 0) is 11.4 Å². The standard InChI is InChI=1S/C21H19NO3/c1-15-7-9-17(20-11-10-18(14-23)25-20)13-19(15)22-21(24)12-8-16-5-3-2-4-6-16/h2-13,23H,14H2,1H3,(H,22,24)/b12-8+. The number of aliphatic hydroxyl groups is 1. The van der Waals surface area contributed by atoms with Crippen LogP contribution >= 0.6 is 0 Å². The van der Waals surface area contributed by atoms with Crippen LogP contribution in [0.3, 0.4) is 0 Å². The van der Waals surface area contributed by atoms with Crippen LogP contribution in [-0.4, -0.2) is 11.0 Å². The molecule has 0 aliphatic carbocycles. The van der Waals surface area contributed by atoms with Crippen molar-refractivity contribution in [3.63, 3.8) is 0 Å². The molecule has 0 atom stereocenters. The average Bonchev–Trinajstić information content (AvgIpc) is 3.12. The van der Waals surface area contributed by atoms with Gasteiger partial charge in [0.2, 0.25) is 5.91 Å². The molecule has 2 N–H and O–H groups in total. The van der Waals surface area contributed by atoms with Gasteiger partial charge in [0.1, 0.15) is 18.1 Å². The van der Waals surface area contributed by atoms with Crippen molar-refractivity contribution in [2.24, 2.45) is 0 Å². The van der Waals surface area contributed by atoms with Gasteiger partial charge in [-0.1, -0.05) is 42.5 Å². The second-order valence-corrected chi connectivity index (χ2v) is 5.69. The summed E-state index contributed by atoms with van der Waals surface area (Å²) in [5.74, 6) is 0.964. The number of aryl methyl sites for hydroxylation is 1. The van der Waals surface area contributed by atoms with E-state index in [4.69, 9.17) is 9.52 Å². The summed E-state index contributed by atoms with van der Waals surface area (Å²) in [6.45, 7) is 1.79. The molecule has 0 aliphatic rings. The maximum atomic E-state index is 12.2. The van der Waals surface area contributed by atoms with Crippen LogP contribution in [0.2, 0.25) is 0 Å². The zero-order valence-electron chi connectivity index (χ0n) is 13.9. The van der Waals surface area contributed by atoms with E-state index in [1.807, 2.05) is 55.5 Å². The summed E-state index contributed by atoms with van der Waals surface area (Å²) in [5.41, 5.74) is 3.49. The predicted octanol–water partition coefficient (Wildman–Crippen LogP) is 4.40. The smallest absolute Gasteiger partial charge is 0.248 e. The second kappa shape index (κ2) is 7.64. The molecule has 1 heterocycles. The first-order chi connectivity index (χ1) is 12.2. The number of hydrogen-bond acceptors (Lipinski definition) is 3. The van der Waals surface area contributed by atoms with Gasteiger partial charge in [0.05, 0.1) is 0 Å². The Balaban J connectivity index is 1.76. The minimum Gasteiger partial charge on any atom is -0.459 e. The molecule has 0 saturated heterocycles. The third-order valence-corrected chi connectivity index (χ3v) is 3.82. The van der Waals surface area contributed by atoms with Crippen molar-refractivity contribution < 1.29 is 14.3 Å². The Hall–Kier alpha value is -3.11. The highest BCUT2D eigenvalue weighted by atomic mass is 16.4. The number of nitrogens with one attached hydrogen (secondary N) is 1. The van der Waals surface area contributed by atoms with Crippen LogP contribution in [0.5, 0.6) is 0 Å². The molecule has 0 spiro atoms. The molecule has 126 valence electrons. The van der Waals surface area contributed by atoms with E-state index >= 15 is 0 Å². The number of anilines is 1. The molecular formula is C21H19NO3. The Kier molecular flexibility index (Phi) is 5.11. The lowest BCUT2D eigenvalue weighted by atomic mass is 10.1. The van der Waals surface area contributed by atoms with Crippen LogP contribution in [0, 0.1) is 6.92 Å². The van der Waals surface area contributed by atoms with Crippen LogP contribution in [0.1, 0.15) is 16.9 Å². The van der Waals surface area contributed by atoms with E-state index in [1.54, 1.807) is 18.2 Å². The summed E-state index contributed by atoms with van der Waals surface area (Å²) in [5, 5.41) is 12.0. The second-order valence-electron chi connectivity index (χ2n) is 5.69. The first-order valence-corrected chi connectivity index (χ1v) is 8.00. The van der Waals surface area contributed by atoms with Crippen molar-refractivity contribution in [3.8, 4) is 11.3 Å². The average molecular weight is 333 g/mol. The SMILES string of the molecule is Cc1ccc(-c2ccc(CO)o2)cc1NC(=O)/C=C/c1ccccc1. The van der Waals surface area contributed by atoms with Crippen molar-refractivity contribution in [3.05, 3.63) is 83.6 Å². The van der Waals surface area contributed by atoms with Crippen molar-refractivity contribution in [1.82, 2.24) is 0 Å². The molecule has 4 heteroatoms. The van der Waals surface area contributed by atoms with Crippen LogP contribution in [0.4, 0.5) is 5.69 Å². The van der Waals surface area contributed by atoms with Gasteiger partial charge >= 0.3 is 0 Å². The summed E-state index contributed by atoms with van der Waals surface area (Å²) < 4.78 is 5.55. The monoisotopic (exact) mass is 333 g/mol. The van der Waals surface area contributed by atoms with Gasteiger partial charge in [-0.15, -0.1) is 0 Å². The molecule has 2 aromatic carbocycles. The predicted molar refractivity (Wildman–Crippen MR) is 98.9 cm³/mol. The number of hydrogen-bond donors (Lipinski definition) is 2. The normalized spacial score (nSPS) is 11.0. The zero-order valence-corrected chi connectivity index (χ0v) is 13.9. The number of amides is 1. The van der Waals surface area contributed by atoms with Gasteiger partial charge in [-0.25, -0.2) is 0 Å². The van der Waals surface area contributed by atoms with Crippen LogP contribution < -0.4 is 5.32 Å². The third-order valence-electron chi connectivity index (χ3n) is 3.82. The topological polar surface area (TPSA) is 62.5 Å². The number of benzene rings is 2. The maximum absolute atomic E-state index is 12.2. The van der Waals surface area contributed by atoms with Gasteiger partial charge in [-0.05, 0) is 42.3 Å². The van der Waals surface area contributed by atoms with E-state index in [-0.39, 0.29) is 12.5 Å². The molecule has 0 radical (unpaired) electrons. The highest BCUT2D eigenvalue weighted by molar-refractivity contribution is 6.02. The molecule has 0 bridgehead atoms. The summed E-state index contributed by atoms with van der Waals surface area (Å²) >= 11 is 0. The van der Waals surface area contributed by atoms with Gasteiger partial charge in [0, 0.05) is 17.3 Å². The molecule has 1 amide bonds. The van der Waals surface area contributed by atoms with E-state index in [2.05, 4.69) is 5.32 Å². The molecule has 0 unspecified atom stereocenters. The first-order valence-electron chi connectivity index (χ1n) is 8.00. The molecular weight excluding hydrogens is 314 g/mol. The van der Waals surface area contributed by atoms with Gasteiger partial charge in [0.25, 0.3) is 0 Å². The fourth-order valence-electron chi connectivity index (χ4n) is 2.44. The van der Waals surface area contributed by atoms with E-state index in [0.717, 1.165) is 22.4 Å². The van der Waals surface area contributed by atoms with Crippen molar-refractivity contribution in [2.45, 2.75) is 13.5 Å². The lowest BCUT2D eigenvalue weighted by Crippen LogP contribution is -2.09. The summed E-state index contributed by atoms with van der Waals surface area (Å²) in [4.78, 5) is 12.2. The molecule has 3 aromatic rings. The van der Waals surface area contributed by atoms with Crippen molar-refractivity contribution >= 4 is 17.7 Å². The Morgan fingerprint density at radius 1 is 1.12 bits per heavy atom. The molecule has 0 saturated carbocycles. The fraction of sp³-hybridized carbons (Fsp3) is 0.0952. The van der Waals surface area contributed by atoms with Gasteiger partial charge < -0.3 is 14.8 Å². The third kappa shape index (κ3) is 4.25. The minimum atomic E-state index is -0.195. The van der Waals surface area contributed by atoms with Gasteiger partial charge in [-0.3, -0.25) is 4.79 Å². The number of aliphatic hydroxyl groups excluding tert-OH is 1. The maximum Gasteiger partial charge on any atom is 0.248 e. The van der Waals surface area contributed by atoms with E-state index in [1.165, 1.54) is 6.08 Å².